The van der Waals surface area contributed by atoms with E-state index >= 15 is 0 Å². The summed E-state index contributed by atoms with van der Waals surface area (Å²) in [5, 5.41) is 17.0. The molecule has 9 heteroatoms. The van der Waals surface area contributed by atoms with E-state index in [1.165, 1.54) is 10.7 Å². The number of nitrogens with zero attached hydrogens (tertiary/aromatic N) is 4. The maximum atomic E-state index is 14.6. The van der Waals surface area contributed by atoms with E-state index in [4.69, 9.17) is 10.5 Å². The Morgan fingerprint density at radius 3 is 2.92 bits per heavy atom. The highest BCUT2D eigenvalue weighted by molar-refractivity contribution is 5.70. The van der Waals surface area contributed by atoms with E-state index in [0.29, 0.717) is 35.7 Å². The number of ether oxygens (including phenoxy) is 1. The summed E-state index contributed by atoms with van der Waals surface area (Å²) in [5.41, 5.74) is 7.17. The molecule has 2 aromatic heterocycles. The fourth-order valence-corrected chi connectivity index (χ4v) is 3.29. The largest absolute Gasteiger partial charge is 0.488 e. The van der Waals surface area contributed by atoms with Crippen LogP contribution in [-0.4, -0.2) is 37.2 Å². The van der Waals surface area contributed by atoms with Crippen molar-refractivity contribution in [1.29, 1.82) is 0 Å². The molecule has 0 unspecified atom stereocenters. The highest BCUT2D eigenvalue weighted by Gasteiger charge is 2.29. The predicted octanol–water partition coefficient (Wildman–Crippen LogP) is 1.81. The number of aryl methyl sites for hydroxylation is 2. The van der Waals surface area contributed by atoms with Gasteiger partial charge in [-0.15, -0.1) is 5.10 Å². The van der Waals surface area contributed by atoms with Gasteiger partial charge in [-0.25, -0.2) is 9.37 Å². The number of rotatable bonds is 5. The lowest BCUT2D eigenvalue weighted by molar-refractivity contribution is -0.143. The molecule has 1 saturated carbocycles. The van der Waals surface area contributed by atoms with Crippen molar-refractivity contribution >= 4 is 5.97 Å². The SMILES string of the molecule is Cc1nc(-c2nnn(C)c2CN)c(F)cc1O[C@H]1CCC[C@H](C(=O)O)C1. The van der Waals surface area contributed by atoms with Crippen molar-refractivity contribution in [2.75, 3.05) is 0 Å². The van der Waals surface area contributed by atoms with E-state index in [-0.39, 0.29) is 18.3 Å². The molecule has 3 rings (SSSR count). The van der Waals surface area contributed by atoms with E-state index in [1.54, 1.807) is 14.0 Å². The predicted molar refractivity (Wildman–Crippen MR) is 90.8 cm³/mol. The first kappa shape index (κ1) is 18.2. The second kappa shape index (κ2) is 7.36. The van der Waals surface area contributed by atoms with Gasteiger partial charge in [0, 0.05) is 19.7 Å². The third-order valence-corrected chi connectivity index (χ3v) is 4.75. The molecule has 1 aliphatic rings. The molecule has 140 valence electrons. The van der Waals surface area contributed by atoms with Crippen LogP contribution in [0.15, 0.2) is 6.07 Å². The molecule has 2 atom stereocenters. The molecule has 0 aromatic carbocycles. The van der Waals surface area contributed by atoms with Crippen LogP contribution in [-0.2, 0) is 18.4 Å². The van der Waals surface area contributed by atoms with E-state index < -0.39 is 17.7 Å². The Hall–Kier alpha value is -2.55. The molecule has 2 heterocycles. The quantitative estimate of drug-likeness (QED) is 0.832. The van der Waals surface area contributed by atoms with Crippen molar-refractivity contribution in [3.8, 4) is 17.1 Å². The van der Waals surface area contributed by atoms with Gasteiger partial charge in [-0.05, 0) is 32.6 Å². The summed E-state index contributed by atoms with van der Waals surface area (Å²) in [6, 6.07) is 1.27. The first-order valence-corrected chi connectivity index (χ1v) is 8.56. The monoisotopic (exact) mass is 363 g/mol. The average molecular weight is 363 g/mol. The maximum Gasteiger partial charge on any atom is 0.306 e. The number of carbonyl (C=O) groups is 1. The van der Waals surface area contributed by atoms with E-state index in [9.17, 15) is 14.3 Å². The number of pyridine rings is 1. The van der Waals surface area contributed by atoms with Crippen LogP contribution < -0.4 is 10.5 Å². The van der Waals surface area contributed by atoms with Crippen LogP contribution in [0, 0.1) is 18.7 Å². The third-order valence-electron chi connectivity index (χ3n) is 4.75. The van der Waals surface area contributed by atoms with Gasteiger partial charge >= 0.3 is 5.97 Å². The van der Waals surface area contributed by atoms with Gasteiger partial charge in [0.15, 0.2) is 5.82 Å². The van der Waals surface area contributed by atoms with Crippen molar-refractivity contribution in [3.05, 3.63) is 23.3 Å². The molecule has 8 nitrogen and oxygen atoms in total. The summed E-state index contributed by atoms with van der Waals surface area (Å²) in [6.07, 6.45) is 2.32. The lowest BCUT2D eigenvalue weighted by Gasteiger charge is -2.27. The Kier molecular flexibility index (Phi) is 5.17. The van der Waals surface area contributed by atoms with Gasteiger partial charge in [0.2, 0.25) is 0 Å². The third kappa shape index (κ3) is 3.52. The fourth-order valence-electron chi connectivity index (χ4n) is 3.29. The maximum absolute atomic E-state index is 14.6. The highest BCUT2D eigenvalue weighted by atomic mass is 19.1. The van der Waals surface area contributed by atoms with Crippen LogP contribution in [0.3, 0.4) is 0 Å². The van der Waals surface area contributed by atoms with Gasteiger partial charge in [-0.1, -0.05) is 5.21 Å². The van der Waals surface area contributed by atoms with Crippen LogP contribution in [0.1, 0.15) is 37.1 Å². The number of hydrogen-bond donors (Lipinski definition) is 2. The Labute approximate surface area is 150 Å². The number of aliphatic carboxylic acids is 1. The Bertz CT molecular complexity index is 823. The summed E-state index contributed by atoms with van der Waals surface area (Å²) < 4.78 is 22.0. The lowest BCUT2D eigenvalue weighted by atomic mass is 9.87. The Morgan fingerprint density at radius 2 is 2.23 bits per heavy atom. The molecule has 2 aromatic rings. The van der Waals surface area contributed by atoms with E-state index in [1.807, 2.05) is 0 Å². The molecular formula is C17H22FN5O3. The van der Waals surface area contributed by atoms with Crippen molar-refractivity contribution < 1.29 is 19.0 Å². The van der Waals surface area contributed by atoms with E-state index in [2.05, 4.69) is 15.3 Å². The van der Waals surface area contributed by atoms with Gasteiger partial charge in [-0.3, -0.25) is 9.48 Å². The van der Waals surface area contributed by atoms with Crippen molar-refractivity contribution in [3.63, 3.8) is 0 Å². The summed E-state index contributed by atoms with van der Waals surface area (Å²) in [7, 11) is 1.68. The average Bonchev–Trinajstić information content (AvgIpc) is 2.98. The van der Waals surface area contributed by atoms with Gasteiger partial charge < -0.3 is 15.6 Å². The second-order valence-electron chi connectivity index (χ2n) is 6.56. The molecule has 0 saturated heterocycles. The summed E-state index contributed by atoms with van der Waals surface area (Å²) in [6.45, 7) is 1.88. The molecule has 0 spiro atoms. The van der Waals surface area contributed by atoms with Gasteiger partial charge in [0.1, 0.15) is 17.1 Å². The molecule has 1 aliphatic carbocycles. The minimum atomic E-state index is -0.813. The van der Waals surface area contributed by atoms with Gasteiger partial charge in [-0.2, -0.15) is 0 Å². The number of halogens is 1. The second-order valence-corrected chi connectivity index (χ2v) is 6.56. The van der Waals surface area contributed by atoms with Crippen LogP contribution in [0.2, 0.25) is 0 Å². The topological polar surface area (TPSA) is 116 Å². The number of nitrogens with two attached hydrogens (primary N) is 1. The zero-order chi connectivity index (χ0) is 18.8. The Morgan fingerprint density at radius 1 is 1.46 bits per heavy atom. The minimum absolute atomic E-state index is 0.0791. The highest BCUT2D eigenvalue weighted by Crippen LogP contribution is 2.31. The lowest BCUT2D eigenvalue weighted by Crippen LogP contribution is -2.29. The van der Waals surface area contributed by atoms with Crippen LogP contribution in [0.25, 0.3) is 11.4 Å². The van der Waals surface area contributed by atoms with Crippen LogP contribution >= 0.6 is 0 Å². The van der Waals surface area contributed by atoms with Crippen LogP contribution in [0.4, 0.5) is 4.39 Å². The smallest absolute Gasteiger partial charge is 0.306 e. The van der Waals surface area contributed by atoms with E-state index in [0.717, 1.165) is 12.8 Å². The number of carboxylic acids is 1. The summed E-state index contributed by atoms with van der Waals surface area (Å²) in [4.78, 5) is 15.5. The first-order valence-electron chi connectivity index (χ1n) is 8.56. The number of carboxylic acid groups (broad SMARTS) is 1. The molecular weight excluding hydrogens is 341 g/mol. The zero-order valence-corrected chi connectivity index (χ0v) is 14.8. The van der Waals surface area contributed by atoms with Crippen molar-refractivity contribution in [1.82, 2.24) is 20.0 Å². The molecule has 26 heavy (non-hydrogen) atoms. The standard InChI is InChI=1S/C17H22FN5O3/c1-9-14(26-11-5-3-4-10(6-11)17(24)25)7-12(18)15(20-9)16-13(8-19)23(2)22-21-16/h7,10-11H,3-6,8,19H2,1-2H3,(H,24,25)/t10-,11-/m0/s1. The normalized spacial score (nSPS) is 20.2. The fraction of sp³-hybridized carbons (Fsp3) is 0.529. The molecule has 1 fully saturated rings. The van der Waals surface area contributed by atoms with Crippen molar-refractivity contribution in [2.24, 2.45) is 18.7 Å². The van der Waals surface area contributed by atoms with Crippen LogP contribution in [0.5, 0.6) is 5.75 Å². The zero-order valence-electron chi connectivity index (χ0n) is 14.8. The summed E-state index contributed by atoms with van der Waals surface area (Å²) >= 11 is 0. The minimum Gasteiger partial charge on any atom is -0.488 e. The summed E-state index contributed by atoms with van der Waals surface area (Å²) in [5.74, 6) is -1.49. The molecule has 0 aliphatic heterocycles. The van der Waals surface area contributed by atoms with Gasteiger partial charge in [0.25, 0.3) is 0 Å². The number of aromatic nitrogens is 4. The molecule has 0 amide bonds. The first-order chi connectivity index (χ1) is 12.4. The Balaban J connectivity index is 1.84. The number of hydrogen-bond acceptors (Lipinski definition) is 6. The molecule has 0 radical (unpaired) electrons. The molecule has 3 N–H and O–H groups in total. The van der Waals surface area contributed by atoms with Gasteiger partial charge in [0.05, 0.1) is 23.4 Å². The molecule has 0 bridgehead atoms. The van der Waals surface area contributed by atoms with Crippen molar-refractivity contribution in [2.45, 2.75) is 45.3 Å².